The summed E-state index contributed by atoms with van der Waals surface area (Å²) >= 11 is 0. The lowest BCUT2D eigenvalue weighted by Gasteiger charge is -2.02. The van der Waals surface area contributed by atoms with Crippen LogP contribution in [0.5, 0.6) is 0 Å². The molecule has 0 spiro atoms. The van der Waals surface area contributed by atoms with Crippen LogP contribution in [0.25, 0.3) is 0 Å². The first-order chi connectivity index (χ1) is 8.97. The third-order valence-electron chi connectivity index (χ3n) is 2.37. The van der Waals surface area contributed by atoms with E-state index in [4.69, 9.17) is 5.73 Å². The summed E-state index contributed by atoms with van der Waals surface area (Å²) in [5.41, 5.74) is 4.97. The molecule has 0 aliphatic heterocycles. The van der Waals surface area contributed by atoms with Crippen molar-refractivity contribution in [3.05, 3.63) is 50.2 Å². The van der Waals surface area contributed by atoms with Crippen molar-refractivity contribution in [2.45, 2.75) is 6.54 Å². The van der Waals surface area contributed by atoms with Gasteiger partial charge in [0.25, 0.3) is 11.4 Å². The topological polar surface area (TPSA) is 143 Å². The summed E-state index contributed by atoms with van der Waals surface area (Å²) in [7, 11) is 0. The first-order valence-corrected chi connectivity index (χ1v) is 5.04. The standard InChI is InChI=1S/C9H8N6O4/c10-9-5-13(12-11-9)4-6-1-2-7(14(16)17)3-8(6)15(18)19/h1-3,5H,4,10H2. The van der Waals surface area contributed by atoms with Gasteiger partial charge in [-0.15, -0.1) is 5.10 Å². The van der Waals surface area contributed by atoms with Crippen LogP contribution in [0.3, 0.4) is 0 Å². The van der Waals surface area contributed by atoms with Crippen molar-refractivity contribution in [3.63, 3.8) is 0 Å². The van der Waals surface area contributed by atoms with Crippen LogP contribution in [0.1, 0.15) is 5.56 Å². The number of rotatable bonds is 4. The molecule has 0 radical (unpaired) electrons. The molecule has 10 nitrogen and oxygen atoms in total. The number of aromatic nitrogens is 3. The molecule has 19 heavy (non-hydrogen) atoms. The predicted molar refractivity (Wildman–Crippen MR) is 63.3 cm³/mol. The molecule has 0 unspecified atom stereocenters. The Morgan fingerprint density at radius 2 is 2.00 bits per heavy atom. The second-order valence-corrected chi connectivity index (χ2v) is 3.67. The highest BCUT2D eigenvalue weighted by atomic mass is 16.6. The number of nitrogen functional groups attached to an aromatic ring is 1. The van der Waals surface area contributed by atoms with Crippen molar-refractivity contribution in [2.24, 2.45) is 0 Å². The van der Waals surface area contributed by atoms with Crippen molar-refractivity contribution >= 4 is 17.2 Å². The molecule has 10 heteroatoms. The summed E-state index contributed by atoms with van der Waals surface area (Å²) in [5, 5.41) is 28.7. The molecular weight excluding hydrogens is 256 g/mol. The van der Waals surface area contributed by atoms with Crippen molar-refractivity contribution in [2.75, 3.05) is 5.73 Å². The van der Waals surface area contributed by atoms with Gasteiger partial charge in [0.1, 0.15) is 0 Å². The van der Waals surface area contributed by atoms with Gasteiger partial charge in [0.15, 0.2) is 5.82 Å². The number of non-ortho nitro benzene ring substituents is 1. The summed E-state index contributed by atoms with van der Waals surface area (Å²) in [6, 6.07) is 3.42. The summed E-state index contributed by atoms with van der Waals surface area (Å²) in [5.74, 6) is 0.185. The SMILES string of the molecule is Nc1cn(Cc2ccc([N+](=O)[O-])cc2[N+](=O)[O-])nn1. The first kappa shape index (κ1) is 12.4. The van der Waals surface area contributed by atoms with E-state index in [2.05, 4.69) is 10.3 Å². The average Bonchev–Trinajstić information content (AvgIpc) is 2.74. The molecule has 1 aromatic heterocycles. The average molecular weight is 264 g/mol. The molecule has 2 N–H and O–H groups in total. The smallest absolute Gasteiger partial charge is 0.281 e. The molecule has 98 valence electrons. The van der Waals surface area contributed by atoms with Gasteiger partial charge in [-0.25, -0.2) is 4.68 Å². The Balaban J connectivity index is 2.39. The van der Waals surface area contributed by atoms with E-state index in [9.17, 15) is 20.2 Å². The second kappa shape index (κ2) is 4.68. The highest BCUT2D eigenvalue weighted by Gasteiger charge is 2.19. The molecule has 0 bridgehead atoms. The van der Waals surface area contributed by atoms with Gasteiger partial charge in [-0.2, -0.15) is 0 Å². The maximum absolute atomic E-state index is 10.9. The van der Waals surface area contributed by atoms with E-state index in [1.807, 2.05) is 0 Å². The van der Waals surface area contributed by atoms with E-state index < -0.39 is 9.85 Å². The lowest BCUT2D eigenvalue weighted by Crippen LogP contribution is -2.04. The number of nitro benzene ring substituents is 2. The molecule has 0 aliphatic carbocycles. The summed E-state index contributed by atoms with van der Waals surface area (Å²) in [4.78, 5) is 20.1. The number of nitrogens with two attached hydrogens (primary N) is 1. The lowest BCUT2D eigenvalue weighted by molar-refractivity contribution is -0.394. The van der Waals surface area contributed by atoms with Gasteiger partial charge in [-0.1, -0.05) is 5.21 Å². The van der Waals surface area contributed by atoms with Crippen molar-refractivity contribution in [3.8, 4) is 0 Å². The molecule has 0 fully saturated rings. The maximum Gasteiger partial charge on any atom is 0.281 e. The molecule has 1 heterocycles. The summed E-state index contributed by atoms with van der Waals surface area (Å²) in [6.07, 6.45) is 1.41. The highest BCUT2D eigenvalue weighted by molar-refractivity contribution is 5.49. The van der Waals surface area contributed by atoms with Crippen molar-refractivity contribution in [1.29, 1.82) is 0 Å². The molecule has 0 saturated carbocycles. The quantitative estimate of drug-likeness (QED) is 0.632. The molecule has 2 aromatic rings. The van der Waals surface area contributed by atoms with Crippen LogP contribution in [0.4, 0.5) is 17.2 Å². The number of nitro groups is 2. The Kier molecular flexibility index (Phi) is 3.06. The minimum Gasteiger partial charge on any atom is -0.381 e. The minimum atomic E-state index is -0.690. The number of anilines is 1. The van der Waals surface area contributed by atoms with E-state index in [0.29, 0.717) is 0 Å². The number of benzene rings is 1. The fourth-order valence-corrected chi connectivity index (χ4v) is 1.53. The Labute approximate surface area is 105 Å². The minimum absolute atomic E-state index is 0.0541. The zero-order valence-electron chi connectivity index (χ0n) is 9.46. The van der Waals surface area contributed by atoms with Crippen LogP contribution in [0, 0.1) is 20.2 Å². The molecular formula is C9H8N6O4. The van der Waals surface area contributed by atoms with Gasteiger partial charge in [0.2, 0.25) is 0 Å². The molecule has 0 amide bonds. The summed E-state index contributed by atoms with van der Waals surface area (Å²) < 4.78 is 1.31. The van der Waals surface area contributed by atoms with Crippen LogP contribution in [-0.2, 0) is 6.54 Å². The Bertz CT molecular complexity index is 652. The number of nitrogens with zero attached hydrogens (tertiary/aromatic N) is 5. The van der Waals surface area contributed by atoms with Crippen molar-refractivity contribution in [1.82, 2.24) is 15.0 Å². The zero-order chi connectivity index (χ0) is 14.0. The maximum atomic E-state index is 10.9. The monoisotopic (exact) mass is 264 g/mol. The Hall–Kier alpha value is -3.04. The number of hydrogen-bond donors (Lipinski definition) is 1. The van der Waals surface area contributed by atoms with Gasteiger partial charge in [0.05, 0.1) is 34.2 Å². The van der Waals surface area contributed by atoms with Gasteiger partial charge in [-0.3, -0.25) is 20.2 Å². The third-order valence-corrected chi connectivity index (χ3v) is 2.37. The van der Waals surface area contributed by atoms with Crippen LogP contribution >= 0.6 is 0 Å². The van der Waals surface area contributed by atoms with E-state index in [0.717, 1.165) is 6.07 Å². The van der Waals surface area contributed by atoms with Crippen molar-refractivity contribution < 1.29 is 9.85 Å². The van der Waals surface area contributed by atoms with Crippen LogP contribution in [-0.4, -0.2) is 24.8 Å². The fraction of sp³-hybridized carbons (Fsp3) is 0.111. The first-order valence-electron chi connectivity index (χ1n) is 5.04. The van der Waals surface area contributed by atoms with Gasteiger partial charge in [0, 0.05) is 6.07 Å². The largest absolute Gasteiger partial charge is 0.381 e. The predicted octanol–water partition coefficient (Wildman–Crippen LogP) is 0.725. The van der Waals surface area contributed by atoms with E-state index in [1.165, 1.54) is 23.0 Å². The van der Waals surface area contributed by atoms with Crippen LogP contribution in [0.15, 0.2) is 24.4 Å². The van der Waals surface area contributed by atoms with E-state index >= 15 is 0 Å². The molecule has 2 rings (SSSR count). The fourth-order valence-electron chi connectivity index (χ4n) is 1.53. The third kappa shape index (κ3) is 2.62. The second-order valence-electron chi connectivity index (χ2n) is 3.67. The van der Waals surface area contributed by atoms with Crippen LogP contribution in [0.2, 0.25) is 0 Å². The van der Waals surface area contributed by atoms with Gasteiger partial charge < -0.3 is 5.73 Å². The molecule has 1 aromatic carbocycles. The van der Waals surface area contributed by atoms with Crippen LogP contribution < -0.4 is 5.73 Å². The van der Waals surface area contributed by atoms with E-state index in [-0.39, 0.29) is 29.3 Å². The molecule has 0 saturated heterocycles. The number of hydrogen-bond acceptors (Lipinski definition) is 7. The van der Waals surface area contributed by atoms with Gasteiger partial charge in [-0.05, 0) is 6.07 Å². The Morgan fingerprint density at radius 1 is 1.26 bits per heavy atom. The lowest BCUT2D eigenvalue weighted by atomic mass is 10.1. The van der Waals surface area contributed by atoms with Gasteiger partial charge >= 0.3 is 0 Å². The molecule has 0 atom stereocenters. The summed E-state index contributed by atoms with van der Waals surface area (Å²) in [6.45, 7) is 0.0541. The highest BCUT2D eigenvalue weighted by Crippen LogP contribution is 2.25. The van der Waals surface area contributed by atoms with E-state index in [1.54, 1.807) is 0 Å². The molecule has 0 aliphatic rings. The zero-order valence-corrected chi connectivity index (χ0v) is 9.46. The Morgan fingerprint density at radius 3 is 2.53 bits per heavy atom. The normalized spacial score (nSPS) is 10.3.